The molecule has 1 aromatic carbocycles. The maximum Gasteiger partial charge on any atom is 0.250 e. The summed E-state index contributed by atoms with van der Waals surface area (Å²) in [7, 11) is 0. The minimum absolute atomic E-state index is 0.00296. The lowest BCUT2D eigenvalue weighted by Crippen LogP contribution is -2.44. The van der Waals surface area contributed by atoms with E-state index in [0.29, 0.717) is 26.1 Å². The molecule has 142 valence electrons. The minimum atomic E-state index is -0.200. The molecule has 0 aliphatic carbocycles. The van der Waals surface area contributed by atoms with Crippen molar-refractivity contribution in [3.63, 3.8) is 0 Å². The van der Waals surface area contributed by atoms with Gasteiger partial charge in [-0.05, 0) is 18.1 Å². The number of carbonyl (C=O) groups is 2. The molecule has 0 N–H and O–H groups in total. The molecule has 2 heterocycles. The van der Waals surface area contributed by atoms with Gasteiger partial charge in [-0.1, -0.05) is 43.3 Å². The van der Waals surface area contributed by atoms with Gasteiger partial charge in [-0.2, -0.15) is 0 Å². The maximum atomic E-state index is 12.7. The summed E-state index contributed by atoms with van der Waals surface area (Å²) in [4.78, 5) is 40.9. The molecule has 3 rings (SSSR count). The van der Waals surface area contributed by atoms with Crippen molar-refractivity contribution in [2.24, 2.45) is 0 Å². The summed E-state index contributed by atoms with van der Waals surface area (Å²) in [5, 5.41) is 0. The van der Waals surface area contributed by atoms with Crippen molar-refractivity contribution in [2.45, 2.75) is 38.9 Å². The molecule has 2 aromatic rings. The number of rotatable bonds is 5. The van der Waals surface area contributed by atoms with Crippen molar-refractivity contribution >= 4 is 11.8 Å². The third kappa shape index (κ3) is 4.64. The number of hydrogen-bond donors (Lipinski definition) is 0. The minimum Gasteiger partial charge on any atom is -0.339 e. The van der Waals surface area contributed by atoms with Crippen LogP contribution in [0.3, 0.4) is 0 Å². The quantitative estimate of drug-likeness (QED) is 0.811. The van der Waals surface area contributed by atoms with Crippen LogP contribution < -0.4 is 5.56 Å². The summed E-state index contributed by atoms with van der Waals surface area (Å²) < 4.78 is 1.40. The van der Waals surface area contributed by atoms with E-state index in [-0.39, 0.29) is 30.0 Å². The Labute approximate surface area is 159 Å². The molecular formula is C21H25N3O3. The highest BCUT2D eigenvalue weighted by atomic mass is 16.2. The molecule has 6 nitrogen and oxygen atoms in total. The van der Waals surface area contributed by atoms with Gasteiger partial charge in [-0.3, -0.25) is 14.4 Å². The van der Waals surface area contributed by atoms with E-state index in [1.807, 2.05) is 42.2 Å². The number of benzene rings is 1. The summed E-state index contributed by atoms with van der Waals surface area (Å²) in [5.74, 6) is -0.0611. The largest absolute Gasteiger partial charge is 0.339 e. The van der Waals surface area contributed by atoms with Crippen LogP contribution in [0.1, 0.15) is 25.3 Å². The summed E-state index contributed by atoms with van der Waals surface area (Å²) in [5.41, 5.74) is 0.884. The highest BCUT2D eigenvalue weighted by Gasteiger charge is 2.30. The van der Waals surface area contributed by atoms with Crippen molar-refractivity contribution in [2.75, 3.05) is 13.1 Å². The van der Waals surface area contributed by atoms with Crippen LogP contribution in [0.15, 0.2) is 59.5 Å². The number of pyridine rings is 1. The molecule has 1 saturated heterocycles. The zero-order chi connectivity index (χ0) is 19.2. The molecular weight excluding hydrogens is 342 g/mol. The van der Waals surface area contributed by atoms with Gasteiger partial charge in [-0.25, -0.2) is 0 Å². The predicted octanol–water partition coefficient (Wildman–Crippen LogP) is 1.89. The highest BCUT2D eigenvalue weighted by molar-refractivity contribution is 5.80. The smallest absolute Gasteiger partial charge is 0.250 e. The van der Waals surface area contributed by atoms with E-state index in [1.54, 1.807) is 23.2 Å². The van der Waals surface area contributed by atoms with Gasteiger partial charge in [0, 0.05) is 44.4 Å². The Morgan fingerprint density at radius 3 is 2.52 bits per heavy atom. The van der Waals surface area contributed by atoms with E-state index in [1.165, 1.54) is 10.6 Å². The molecule has 27 heavy (non-hydrogen) atoms. The number of hydrogen-bond acceptors (Lipinski definition) is 3. The first-order valence-corrected chi connectivity index (χ1v) is 9.35. The predicted molar refractivity (Wildman–Crippen MR) is 103 cm³/mol. The van der Waals surface area contributed by atoms with E-state index in [9.17, 15) is 14.4 Å². The van der Waals surface area contributed by atoms with E-state index < -0.39 is 0 Å². The summed E-state index contributed by atoms with van der Waals surface area (Å²) in [6.07, 6.45) is 2.69. The number of amides is 2. The highest BCUT2D eigenvalue weighted by Crippen LogP contribution is 2.18. The van der Waals surface area contributed by atoms with Crippen molar-refractivity contribution in [1.29, 1.82) is 0 Å². The van der Waals surface area contributed by atoms with Gasteiger partial charge in [0.15, 0.2) is 0 Å². The fourth-order valence-corrected chi connectivity index (χ4v) is 3.43. The molecule has 0 unspecified atom stereocenters. The third-order valence-electron chi connectivity index (χ3n) is 5.01. The Morgan fingerprint density at radius 1 is 1.07 bits per heavy atom. The second kappa shape index (κ2) is 8.66. The number of aromatic nitrogens is 1. The Bertz CT molecular complexity index is 847. The SMILES string of the molecule is CC[C@@H]1CN(C(=O)Cn2ccccc2=O)CCC(=O)N1Cc1ccccc1. The Morgan fingerprint density at radius 2 is 1.81 bits per heavy atom. The van der Waals surface area contributed by atoms with Crippen LogP contribution in [0, 0.1) is 0 Å². The van der Waals surface area contributed by atoms with E-state index in [4.69, 9.17) is 0 Å². The molecule has 0 bridgehead atoms. The van der Waals surface area contributed by atoms with Crippen LogP contribution in [-0.4, -0.2) is 45.3 Å². The Hall–Kier alpha value is -2.89. The average molecular weight is 367 g/mol. The lowest BCUT2D eigenvalue weighted by atomic mass is 10.1. The Kier molecular flexibility index (Phi) is 6.06. The number of nitrogens with zero attached hydrogens (tertiary/aromatic N) is 3. The standard InChI is InChI=1S/C21H25N3O3/c1-2-18-15-23(21(27)16-22-12-7-6-10-19(22)25)13-11-20(26)24(18)14-17-8-4-3-5-9-17/h3-10,12,18H,2,11,13-16H2,1H3/t18-/m1/s1. The molecule has 1 fully saturated rings. The lowest BCUT2D eigenvalue weighted by molar-refractivity contribution is -0.133. The average Bonchev–Trinajstić information content (AvgIpc) is 2.84. The van der Waals surface area contributed by atoms with Crippen molar-refractivity contribution < 1.29 is 9.59 Å². The fourth-order valence-electron chi connectivity index (χ4n) is 3.43. The van der Waals surface area contributed by atoms with Gasteiger partial charge in [-0.15, -0.1) is 0 Å². The topological polar surface area (TPSA) is 62.6 Å². The molecule has 0 radical (unpaired) electrons. The molecule has 1 atom stereocenters. The summed E-state index contributed by atoms with van der Waals surface area (Å²) in [6, 6.07) is 14.7. The molecule has 1 aliphatic rings. The summed E-state index contributed by atoms with van der Waals surface area (Å²) >= 11 is 0. The van der Waals surface area contributed by atoms with Gasteiger partial charge in [0.2, 0.25) is 11.8 Å². The van der Waals surface area contributed by atoms with Crippen LogP contribution in [0.2, 0.25) is 0 Å². The second-order valence-electron chi connectivity index (χ2n) is 6.83. The van der Waals surface area contributed by atoms with Crippen LogP contribution in [0.4, 0.5) is 0 Å². The number of carbonyl (C=O) groups excluding carboxylic acids is 2. The first-order valence-electron chi connectivity index (χ1n) is 9.35. The van der Waals surface area contributed by atoms with Crippen LogP contribution in [0.5, 0.6) is 0 Å². The first kappa shape index (κ1) is 18.9. The van der Waals surface area contributed by atoms with Gasteiger partial charge >= 0.3 is 0 Å². The molecule has 1 aromatic heterocycles. The van der Waals surface area contributed by atoms with E-state index in [0.717, 1.165) is 12.0 Å². The van der Waals surface area contributed by atoms with Gasteiger partial charge in [0.25, 0.3) is 5.56 Å². The van der Waals surface area contributed by atoms with Gasteiger partial charge in [0.05, 0.1) is 0 Å². The van der Waals surface area contributed by atoms with Crippen LogP contribution in [0.25, 0.3) is 0 Å². The zero-order valence-electron chi connectivity index (χ0n) is 15.6. The second-order valence-corrected chi connectivity index (χ2v) is 6.83. The zero-order valence-corrected chi connectivity index (χ0v) is 15.6. The van der Waals surface area contributed by atoms with Gasteiger partial charge < -0.3 is 14.4 Å². The van der Waals surface area contributed by atoms with E-state index in [2.05, 4.69) is 0 Å². The molecule has 0 spiro atoms. The van der Waals surface area contributed by atoms with Crippen molar-refractivity contribution in [1.82, 2.24) is 14.4 Å². The third-order valence-corrected chi connectivity index (χ3v) is 5.01. The molecule has 6 heteroatoms. The van der Waals surface area contributed by atoms with Gasteiger partial charge in [0.1, 0.15) is 6.54 Å². The lowest BCUT2D eigenvalue weighted by Gasteiger charge is -2.31. The fraction of sp³-hybridized carbons (Fsp3) is 0.381. The normalized spacial score (nSPS) is 17.7. The molecule has 0 saturated carbocycles. The maximum absolute atomic E-state index is 12.7. The molecule has 2 amide bonds. The monoisotopic (exact) mass is 367 g/mol. The summed E-state index contributed by atoms with van der Waals surface area (Å²) in [6.45, 7) is 3.48. The van der Waals surface area contributed by atoms with Crippen molar-refractivity contribution in [3.8, 4) is 0 Å². The van der Waals surface area contributed by atoms with Crippen LogP contribution >= 0.6 is 0 Å². The van der Waals surface area contributed by atoms with Crippen LogP contribution in [-0.2, 0) is 22.7 Å². The Balaban J connectivity index is 1.73. The molecule has 1 aliphatic heterocycles. The first-order chi connectivity index (χ1) is 13.1. The van der Waals surface area contributed by atoms with Crippen molar-refractivity contribution in [3.05, 3.63) is 70.6 Å². The van der Waals surface area contributed by atoms with E-state index >= 15 is 0 Å².